The van der Waals surface area contributed by atoms with Crippen molar-refractivity contribution in [2.45, 2.75) is 20.3 Å². The molecule has 0 aliphatic rings. The number of carbonyl (C=O) groups is 2. The van der Waals surface area contributed by atoms with Crippen LogP contribution in [0.4, 0.5) is 0 Å². The maximum Gasteiger partial charge on any atom is 0.364 e. The maximum absolute atomic E-state index is 11.1. The minimum absolute atomic E-state index is 0.0323. The summed E-state index contributed by atoms with van der Waals surface area (Å²) in [5.74, 6) is -2.59. The van der Waals surface area contributed by atoms with Gasteiger partial charge < -0.3 is 14.6 Å². The van der Waals surface area contributed by atoms with E-state index in [9.17, 15) is 19.6 Å². The molecule has 0 aliphatic heterocycles. The van der Waals surface area contributed by atoms with Crippen molar-refractivity contribution < 1.29 is 24.2 Å². The fourth-order valence-corrected chi connectivity index (χ4v) is 0.840. The SMILES string of the molecule is CCOC(=O)C/C(O)=C(\N=O)C(=O)OCC. The number of nitrogens with zero attached hydrogens (tertiary/aromatic N) is 1. The quantitative estimate of drug-likeness (QED) is 0.317. The molecule has 0 radical (unpaired) electrons. The molecular weight excluding hydrogens is 218 g/mol. The highest BCUT2D eigenvalue weighted by atomic mass is 16.5. The average molecular weight is 231 g/mol. The zero-order valence-corrected chi connectivity index (χ0v) is 9.06. The summed E-state index contributed by atoms with van der Waals surface area (Å²) in [5, 5.41) is 11.6. The van der Waals surface area contributed by atoms with Crippen LogP contribution >= 0.6 is 0 Å². The van der Waals surface area contributed by atoms with Crippen LogP contribution in [0, 0.1) is 4.91 Å². The third-order valence-corrected chi connectivity index (χ3v) is 1.45. The molecule has 7 heteroatoms. The van der Waals surface area contributed by atoms with Gasteiger partial charge in [-0.25, -0.2) is 4.79 Å². The van der Waals surface area contributed by atoms with E-state index < -0.39 is 29.8 Å². The van der Waals surface area contributed by atoms with Gasteiger partial charge in [-0.2, -0.15) is 0 Å². The molecule has 0 aromatic rings. The lowest BCUT2D eigenvalue weighted by Crippen LogP contribution is -2.12. The Morgan fingerprint density at radius 3 is 2.19 bits per heavy atom. The normalized spacial score (nSPS) is 11.4. The van der Waals surface area contributed by atoms with Gasteiger partial charge in [0.15, 0.2) is 0 Å². The minimum Gasteiger partial charge on any atom is -0.509 e. The van der Waals surface area contributed by atoms with E-state index in [1.807, 2.05) is 0 Å². The fourth-order valence-electron chi connectivity index (χ4n) is 0.840. The molecular formula is C9H13NO6. The van der Waals surface area contributed by atoms with E-state index in [-0.39, 0.29) is 13.2 Å². The first-order chi connectivity index (χ1) is 7.56. The van der Waals surface area contributed by atoms with Crippen LogP contribution in [0.3, 0.4) is 0 Å². The molecule has 1 N–H and O–H groups in total. The van der Waals surface area contributed by atoms with Crippen LogP contribution in [0.5, 0.6) is 0 Å². The van der Waals surface area contributed by atoms with E-state index in [4.69, 9.17) is 0 Å². The van der Waals surface area contributed by atoms with Gasteiger partial charge in [0.05, 0.1) is 13.2 Å². The van der Waals surface area contributed by atoms with Gasteiger partial charge in [-0.05, 0) is 19.0 Å². The lowest BCUT2D eigenvalue weighted by molar-refractivity contribution is -0.142. The number of nitroso groups, excluding NO2 is 1. The number of aliphatic hydroxyl groups is 1. The number of aliphatic hydroxyl groups excluding tert-OH is 1. The summed E-state index contributed by atoms with van der Waals surface area (Å²) in [4.78, 5) is 32.3. The zero-order valence-electron chi connectivity index (χ0n) is 9.06. The Morgan fingerprint density at radius 2 is 1.75 bits per heavy atom. The number of rotatable bonds is 6. The lowest BCUT2D eigenvalue weighted by Gasteiger charge is -2.03. The van der Waals surface area contributed by atoms with Gasteiger partial charge in [0.25, 0.3) is 0 Å². The lowest BCUT2D eigenvalue weighted by atomic mass is 10.3. The molecule has 7 nitrogen and oxygen atoms in total. The number of ether oxygens (including phenoxy) is 2. The third-order valence-electron chi connectivity index (χ3n) is 1.45. The topological polar surface area (TPSA) is 102 Å². The van der Waals surface area contributed by atoms with Crippen molar-refractivity contribution in [3.8, 4) is 0 Å². The molecule has 0 saturated heterocycles. The Morgan fingerprint density at radius 1 is 1.19 bits per heavy atom. The van der Waals surface area contributed by atoms with Crippen molar-refractivity contribution >= 4 is 11.9 Å². The minimum atomic E-state index is -1.07. The molecule has 0 atom stereocenters. The van der Waals surface area contributed by atoms with Crippen molar-refractivity contribution in [3.05, 3.63) is 16.4 Å². The van der Waals surface area contributed by atoms with E-state index >= 15 is 0 Å². The van der Waals surface area contributed by atoms with E-state index in [2.05, 4.69) is 14.7 Å². The molecule has 0 fully saturated rings. The van der Waals surface area contributed by atoms with E-state index in [1.54, 1.807) is 6.92 Å². The Kier molecular flexibility index (Phi) is 6.50. The molecule has 90 valence electrons. The first-order valence-electron chi connectivity index (χ1n) is 4.64. The largest absolute Gasteiger partial charge is 0.509 e. The van der Waals surface area contributed by atoms with Crippen molar-refractivity contribution in [1.82, 2.24) is 0 Å². The zero-order chi connectivity index (χ0) is 12.6. The molecule has 0 bridgehead atoms. The monoisotopic (exact) mass is 231 g/mol. The molecule has 0 heterocycles. The molecule has 0 rings (SSSR count). The number of hydrogen-bond acceptors (Lipinski definition) is 7. The molecule has 0 unspecified atom stereocenters. The van der Waals surface area contributed by atoms with E-state index in [0.717, 1.165) is 0 Å². The van der Waals surface area contributed by atoms with Crippen LogP contribution in [0.25, 0.3) is 0 Å². The highest BCUT2D eigenvalue weighted by Crippen LogP contribution is 2.10. The predicted molar refractivity (Wildman–Crippen MR) is 53.3 cm³/mol. The van der Waals surface area contributed by atoms with Gasteiger partial charge in [-0.3, -0.25) is 4.79 Å². The summed E-state index contributed by atoms with van der Waals surface area (Å²) in [6.07, 6.45) is -0.590. The number of hydrogen-bond donors (Lipinski definition) is 1. The summed E-state index contributed by atoms with van der Waals surface area (Å²) >= 11 is 0. The maximum atomic E-state index is 11.1. The predicted octanol–water partition coefficient (Wildman–Crippen LogP) is 1.04. The van der Waals surface area contributed by atoms with Gasteiger partial charge in [-0.15, -0.1) is 4.91 Å². The van der Waals surface area contributed by atoms with Crippen molar-refractivity contribution in [2.24, 2.45) is 5.18 Å². The number of esters is 2. The molecule has 0 saturated carbocycles. The van der Waals surface area contributed by atoms with Gasteiger partial charge >= 0.3 is 11.9 Å². The smallest absolute Gasteiger partial charge is 0.364 e. The molecule has 0 aliphatic carbocycles. The Labute approximate surface area is 92.0 Å². The second-order valence-corrected chi connectivity index (χ2v) is 2.59. The first-order valence-corrected chi connectivity index (χ1v) is 4.64. The molecule has 0 aromatic heterocycles. The van der Waals surface area contributed by atoms with Crippen LogP contribution in [-0.4, -0.2) is 30.3 Å². The number of carbonyl (C=O) groups excluding carboxylic acids is 2. The van der Waals surface area contributed by atoms with Crippen LogP contribution in [0.15, 0.2) is 16.6 Å². The second-order valence-electron chi connectivity index (χ2n) is 2.59. The summed E-state index contributed by atoms with van der Waals surface area (Å²) in [6, 6.07) is 0. The van der Waals surface area contributed by atoms with Gasteiger partial charge in [0.1, 0.15) is 12.2 Å². The van der Waals surface area contributed by atoms with Crippen LogP contribution in [0.2, 0.25) is 0 Å². The highest BCUT2D eigenvalue weighted by molar-refractivity contribution is 5.89. The van der Waals surface area contributed by atoms with Crippen LogP contribution < -0.4 is 0 Å². The Balaban J connectivity index is 4.67. The van der Waals surface area contributed by atoms with Gasteiger partial charge in [0.2, 0.25) is 5.70 Å². The van der Waals surface area contributed by atoms with Gasteiger partial charge in [0, 0.05) is 0 Å². The summed E-state index contributed by atoms with van der Waals surface area (Å²) in [6.45, 7) is 3.28. The summed E-state index contributed by atoms with van der Waals surface area (Å²) < 4.78 is 8.97. The fraction of sp³-hybridized carbons (Fsp3) is 0.556. The van der Waals surface area contributed by atoms with Crippen LogP contribution in [-0.2, 0) is 19.1 Å². The van der Waals surface area contributed by atoms with E-state index in [1.165, 1.54) is 6.92 Å². The Hall–Kier alpha value is -1.92. The van der Waals surface area contributed by atoms with Crippen molar-refractivity contribution in [3.63, 3.8) is 0 Å². The second kappa shape index (κ2) is 7.38. The van der Waals surface area contributed by atoms with Crippen molar-refractivity contribution in [1.29, 1.82) is 0 Å². The third kappa shape index (κ3) is 4.54. The van der Waals surface area contributed by atoms with E-state index in [0.29, 0.717) is 0 Å². The summed E-state index contributed by atoms with van der Waals surface area (Å²) in [5.41, 5.74) is -0.810. The standard InChI is InChI=1S/C9H13NO6/c1-3-15-7(12)5-6(11)8(10-14)9(13)16-4-2/h11H,3-5H2,1-2H3/b8-6+. The van der Waals surface area contributed by atoms with Crippen molar-refractivity contribution in [2.75, 3.05) is 13.2 Å². The molecule has 0 aromatic carbocycles. The average Bonchev–Trinajstić information content (AvgIpc) is 2.19. The highest BCUT2D eigenvalue weighted by Gasteiger charge is 2.20. The first kappa shape index (κ1) is 14.1. The molecule has 0 spiro atoms. The molecule has 16 heavy (non-hydrogen) atoms. The summed E-state index contributed by atoms with van der Waals surface area (Å²) in [7, 11) is 0. The molecule has 0 amide bonds. The van der Waals surface area contributed by atoms with Crippen LogP contribution in [0.1, 0.15) is 20.3 Å². The van der Waals surface area contributed by atoms with Gasteiger partial charge in [-0.1, -0.05) is 0 Å². The Bertz CT molecular complexity index is 309.